The van der Waals surface area contributed by atoms with Gasteiger partial charge in [-0.1, -0.05) is 53.0 Å². The fraction of sp³-hybridized carbons (Fsp3) is 0.200. The van der Waals surface area contributed by atoms with Crippen LogP contribution < -0.4 is 0 Å². The predicted molar refractivity (Wildman–Crippen MR) is 77.1 cm³/mol. The van der Waals surface area contributed by atoms with Gasteiger partial charge in [0.25, 0.3) is 0 Å². The number of rotatable bonds is 0. The molecule has 0 heterocycles. The third-order valence-corrected chi connectivity index (χ3v) is 3.21. The lowest BCUT2D eigenvalue weighted by atomic mass is 10.1. The van der Waals surface area contributed by atoms with Crippen molar-refractivity contribution in [1.82, 2.24) is 0 Å². The van der Waals surface area contributed by atoms with E-state index < -0.39 is 0 Å². The molecule has 0 aliphatic heterocycles. The zero-order chi connectivity index (χ0) is 12.8. The third-order valence-electron chi connectivity index (χ3n) is 2.55. The molecular weight excluding hydrogens is 251 g/mol. The van der Waals surface area contributed by atoms with Crippen molar-refractivity contribution in [3.8, 4) is 0 Å². The molecule has 2 rings (SSSR count). The molecule has 17 heavy (non-hydrogen) atoms. The Morgan fingerprint density at radius 2 is 1.35 bits per heavy atom. The Morgan fingerprint density at radius 3 is 1.76 bits per heavy atom. The summed E-state index contributed by atoms with van der Waals surface area (Å²) in [5.74, 6) is 0. The normalized spacial score (nSPS) is 9.47. The van der Waals surface area contributed by atoms with Crippen molar-refractivity contribution in [2.45, 2.75) is 20.8 Å². The number of hydrogen-bond donors (Lipinski definition) is 0. The largest absolute Gasteiger partial charge is 0.0843 e. The zero-order valence-corrected chi connectivity index (χ0v) is 11.8. The topological polar surface area (TPSA) is 0 Å². The first-order valence-electron chi connectivity index (χ1n) is 5.44. The molecule has 0 atom stereocenters. The Labute approximate surface area is 113 Å². The highest BCUT2D eigenvalue weighted by atomic mass is 35.5. The molecule has 2 heteroatoms. The average molecular weight is 267 g/mol. The monoisotopic (exact) mass is 266 g/mol. The van der Waals surface area contributed by atoms with Gasteiger partial charge in [0.1, 0.15) is 0 Å². The Morgan fingerprint density at radius 1 is 0.765 bits per heavy atom. The highest BCUT2D eigenvalue weighted by Crippen LogP contribution is 2.16. The first-order chi connectivity index (χ1) is 8.00. The summed E-state index contributed by atoms with van der Waals surface area (Å²) in [6.45, 7) is 6.12. The molecule has 0 N–H and O–H groups in total. The predicted octanol–water partition coefficient (Wildman–Crippen LogP) is 5.61. The first-order valence-corrected chi connectivity index (χ1v) is 6.20. The maximum absolute atomic E-state index is 5.81. The molecule has 0 aliphatic carbocycles. The molecule has 0 saturated heterocycles. The summed E-state index contributed by atoms with van der Waals surface area (Å²) >= 11 is 11.4. The summed E-state index contributed by atoms with van der Waals surface area (Å²) in [4.78, 5) is 0. The van der Waals surface area contributed by atoms with Gasteiger partial charge in [0, 0.05) is 10.0 Å². The molecule has 0 bridgehead atoms. The van der Waals surface area contributed by atoms with E-state index in [1.165, 1.54) is 16.7 Å². The van der Waals surface area contributed by atoms with Crippen LogP contribution in [0.25, 0.3) is 0 Å². The van der Waals surface area contributed by atoms with E-state index in [1.54, 1.807) is 0 Å². The molecule has 0 nitrogen and oxygen atoms in total. The fourth-order valence-electron chi connectivity index (χ4n) is 1.25. The summed E-state index contributed by atoms with van der Waals surface area (Å²) < 4.78 is 0. The first kappa shape index (κ1) is 14.1. The molecule has 2 aromatic rings. The van der Waals surface area contributed by atoms with Gasteiger partial charge in [-0.2, -0.15) is 0 Å². The van der Waals surface area contributed by atoms with Crippen molar-refractivity contribution in [3.05, 3.63) is 69.2 Å². The van der Waals surface area contributed by atoms with Gasteiger partial charge < -0.3 is 0 Å². The molecule has 0 aromatic heterocycles. The fourth-order valence-corrected chi connectivity index (χ4v) is 1.60. The van der Waals surface area contributed by atoms with E-state index in [0.717, 1.165) is 10.0 Å². The Bertz CT molecular complexity index is 432. The molecule has 0 radical (unpaired) electrons. The highest BCUT2D eigenvalue weighted by Gasteiger charge is 1.94. The Kier molecular flexibility index (Phi) is 5.54. The lowest BCUT2D eigenvalue weighted by molar-refractivity contribution is 1.34. The molecule has 0 spiro atoms. The molecule has 2 aromatic carbocycles. The summed E-state index contributed by atoms with van der Waals surface area (Å²) in [7, 11) is 0. The van der Waals surface area contributed by atoms with E-state index >= 15 is 0 Å². The van der Waals surface area contributed by atoms with Crippen LogP contribution in [0.3, 0.4) is 0 Å². The Balaban J connectivity index is 0.000000171. The van der Waals surface area contributed by atoms with E-state index in [2.05, 4.69) is 13.0 Å². The standard InChI is InChI=1S/C8H9Cl.C7H7Cl/c1-6-4-3-5-8(9)7(6)2;1-6-2-4-7(8)5-3-6/h3-5H,1-2H3;2-5H,1H3. The summed E-state index contributed by atoms with van der Waals surface area (Å²) in [6.07, 6.45) is 0. The van der Waals surface area contributed by atoms with Crippen molar-refractivity contribution in [1.29, 1.82) is 0 Å². The van der Waals surface area contributed by atoms with Crippen LogP contribution in [0.2, 0.25) is 10.0 Å². The second-order valence-electron chi connectivity index (χ2n) is 3.98. The smallest absolute Gasteiger partial charge is 0.0437 e. The molecule has 0 aliphatic rings. The number of hydrogen-bond acceptors (Lipinski definition) is 0. The van der Waals surface area contributed by atoms with Crippen LogP contribution in [-0.2, 0) is 0 Å². The van der Waals surface area contributed by atoms with Gasteiger partial charge in [0.15, 0.2) is 0 Å². The minimum atomic E-state index is 0.801. The second-order valence-corrected chi connectivity index (χ2v) is 4.82. The molecule has 0 saturated carbocycles. The van der Waals surface area contributed by atoms with Crippen molar-refractivity contribution in [2.75, 3.05) is 0 Å². The van der Waals surface area contributed by atoms with Crippen LogP contribution in [0, 0.1) is 20.8 Å². The van der Waals surface area contributed by atoms with E-state index in [4.69, 9.17) is 23.2 Å². The van der Waals surface area contributed by atoms with Crippen LogP contribution in [0.1, 0.15) is 16.7 Å². The lowest BCUT2D eigenvalue weighted by Gasteiger charge is -1.98. The number of halogens is 2. The van der Waals surface area contributed by atoms with Crippen LogP contribution in [0.4, 0.5) is 0 Å². The maximum atomic E-state index is 5.81. The Hall–Kier alpha value is -0.980. The lowest BCUT2D eigenvalue weighted by Crippen LogP contribution is -1.78. The zero-order valence-electron chi connectivity index (χ0n) is 10.3. The quantitative estimate of drug-likeness (QED) is 0.582. The average Bonchev–Trinajstić information content (AvgIpc) is 2.31. The van der Waals surface area contributed by atoms with Gasteiger partial charge in [-0.3, -0.25) is 0 Å². The molecule has 0 amide bonds. The maximum Gasteiger partial charge on any atom is 0.0437 e. The molecule has 0 unspecified atom stereocenters. The van der Waals surface area contributed by atoms with E-state index in [9.17, 15) is 0 Å². The summed E-state index contributed by atoms with van der Waals surface area (Å²) in [5.41, 5.74) is 3.68. The van der Waals surface area contributed by atoms with Crippen molar-refractivity contribution in [3.63, 3.8) is 0 Å². The summed E-state index contributed by atoms with van der Waals surface area (Å²) in [6, 6.07) is 13.7. The minimum absolute atomic E-state index is 0.801. The molecular formula is C15H16Cl2. The van der Waals surface area contributed by atoms with Crippen molar-refractivity contribution < 1.29 is 0 Å². The van der Waals surface area contributed by atoms with E-state index in [0.29, 0.717) is 0 Å². The SMILES string of the molecule is Cc1ccc(Cl)cc1.Cc1cccc(Cl)c1C. The summed E-state index contributed by atoms with van der Waals surface area (Å²) in [5, 5.41) is 1.66. The third kappa shape index (κ3) is 4.80. The van der Waals surface area contributed by atoms with Gasteiger partial charge in [-0.15, -0.1) is 0 Å². The second kappa shape index (κ2) is 6.68. The van der Waals surface area contributed by atoms with Crippen LogP contribution >= 0.6 is 23.2 Å². The number of benzene rings is 2. The number of aryl methyl sites for hydroxylation is 2. The van der Waals surface area contributed by atoms with Crippen LogP contribution in [-0.4, -0.2) is 0 Å². The van der Waals surface area contributed by atoms with Gasteiger partial charge in [-0.25, -0.2) is 0 Å². The van der Waals surface area contributed by atoms with Crippen molar-refractivity contribution in [2.24, 2.45) is 0 Å². The molecule has 0 fully saturated rings. The van der Waals surface area contributed by atoms with Crippen molar-refractivity contribution >= 4 is 23.2 Å². The van der Waals surface area contributed by atoms with Gasteiger partial charge in [-0.05, 0) is 50.1 Å². The van der Waals surface area contributed by atoms with Gasteiger partial charge in [0.05, 0.1) is 0 Å². The molecule has 90 valence electrons. The van der Waals surface area contributed by atoms with Gasteiger partial charge in [0.2, 0.25) is 0 Å². The van der Waals surface area contributed by atoms with E-state index in [1.807, 2.05) is 50.2 Å². The highest BCUT2D eigenvalue weighted by molar-refractivity contribution is 6.31. The minimum Gasteiger partial charge on any atom is -0.0843 e. The van der Waals surface area contributed by atoms with E-state index in [-0.39, 0.29) is 0 Å². The van der Waals surface area contributed by atoms with Gasteiger partial charge >= 0.3 is 0 Å². The van der Waals surface area contributed by atoms with Crippen LogP contribution in [0.15, 0.2) is 42.5 Å². The van der Waals surface area contributed by atoms with Crippen LogP contribution in [0.5, 0.6) is 0 Å².